The van der Waals surface area contributed by atoms with Crippen LogP contribution >= 0.6 is 0 Å². The van der Waals surface area contributed by atoms with E-state index in [0.717, 1.165) is 5.57 Å². The highest BCUT2D eigenvalue weighted by atomic mass is 16.1. The van der Waals surface area contributed by atoms with Gasteiger partial charge in [-0.05, 0) is 37.0 Å². The van der Waals surface area contributed by atoms with Crippen LogP contribution in [0, 0.1) is 5.92 Å². The molecule has 1 aliphatic rings. The van der Waals surface area contributed by atoms with Crippen LogP contribution in [-0.2, 0) is 4.79 Å². The molecule has 0 amide bonds. The van der Waals surface area contributed by atoms with Gasteiger partial charge in [-0.25, -0.2) is 0 Å². The molecule has 11 heavy (non-hydrogen) atoms. The fourth-order valence-corrected chi connectivity index (χ4v) is 1.70. The van der Waals surface area contributed by atoms with E-state index in [2.05, 4.69) is 13.0 Å². The van der Waals surface area contributed by atoms with Crippen molar-refractivity contribution < 1.29 is 4.79 Å². The third kappa shape index (κ3) is 1.59. The van der Waals surface area contributed by atoms with Crippen molar-refractivity contribution in [2.24, 2.45) is 5.92 Å². The number of hydrogen-bond donors (Lipinski definition) is 0. The van der Waals surface area contributed by atoms with Gasteiger partial charge in [0.1, 0.15) is 0 Å². The first-order valence-corrected chi connectivity index (χ1v) is 4.03. The van der Waals surface area contributed by atoms with Gasteiger partial charge in [-0.2, -0.15) is 0 Å². The quantitative estimate of drug-likeness (QED) is 0.518. The Morgan fingerprint density at radius 3 is 2.73 bits per heavy atom. The first kappa shape index (κ1) is 8.25. The summed E-state index contributed by atoms with van der Waals surface area (Å²) in [6.07, 6.45) is 4.52. The minimum atomic E-state index is 0.264. The van der Waals surface area contributed by atoms with E-state index in [0.29, 0.717) is 12.3 Å². The third-order valence-electron chi connectivity index (χ3n) is 2.18. The SMILES string of the molecule is C/C=C1\C(C)=CC(=O)CC1C. The zero-order valence-electron chi connectivity index (χ0n) is 7.35. The van der Waals surface area contributed by atoms with Crippen molar-refractivity contribution in [3.05, 3.63) is 23.3 Å². The summed E-state index contributed by atoms with van der Waals surface area (Å²) in [7, 11) is 0. The minimum absolute atomic E-state index is 0.264. The lowest BCUT2D eigenvalue weighted by Crippen LogP contribution is -2.13. The molecule has 0 heterocycles. The van der Waals surface area contributed by atoms with Crippen LogP contribution in [0.3, 0.4) is 0 Å². The molecule has 0 spiro atoms. The van der Waals surface area contributed by atoms with Crippen LogP contribution < -0.4 is 0 Å². The van der Waals surface area contributed by atoms with Gasteiger partial charge >= 0.3 is 0 Å². The number of carbonyl (C=O) groups is 1. The molecule has 0 N–H and O–H groups in total. The van der Waals surface area contributed by atoms with Crippen molar-refractivity contribution in [1.82, 2.24) is 0 Å². The van der Waals surface area contributed by atoms with Crippen LogP contribution in [0.5, 0.6) is 0 Å². The van der Waals surface area contributed by atoms with Gasteiger partial charge in [0.2, 0.25) is 0 Å². The Labute approximate surface area is 67.8 Å². The predicted molar refractivity (Wildman–Crippen MR) is 46.3 cm³/mol. The first-order valence-electron chi connectivity index (χ1n) is 4.03. The van der Waals surface area contributed by atoms with Crippen molar-refractivity contribution >= 4 is 5.78 Å². The molecule has 0 aromatic carbocycles. The average molecular weight is 150 g/mol. The number of ketones is 1. The molecule has 0 fully saturated rings. The molecule has 1 rings (SSSR count). The van der Waals surface area contributed by atoms with Crippen molar-refractivity contribution in [2.45, 2.75) is 27.2 Å². The lowest BCUT2D eigenvalue weighted by molar-refractivity contribution is -0.115. The summed E-state index contributed by atoms with van der Waals surface area (Å²) in [6.45, 7) is 6.13. The van der Waals surface area contributed by atoms with E-state index in [4.69, 9.17) is 0 Å². The van der Waals surface area contributed by atoms with E-state index in [9.17, 15) is 4.79 Å². The molecule has 60 valence electrons. The molecular formula is C10H14O. The minimum Gasteiger partial charge on any atom is -0.295 e. The predicted octanol–water partition coefficient (Wildman–Crippen LogP) is 2.49. The molecule has 1 aliphatic carbocycles. The van der Waals surface area contributed by atoms with Crippen molar-refractivity contribution in [3.63, 3.8) is 0 Å². The molecule has 1 heteroatoms. The van der Waals surface area contributed by atoms with Crippen LogP contribution in [0.15, 0.2) is 23.3 Å². The largest absolute Gasteiger partial charge is 0.295 e. The Balaban J connectivity index is 2.98. The number of rotatable bonds is 0. The van der Waals surface area contributed by atoms with Gasteiger partial charge in [-0.3, -0.25) is 4.79 Å². The fourth-order valence-electron chi connectivity index (χ4n) is 1.70. The van der Waals surface area contributed by atoms with Gasteiger partial charge in [0, 0.05) is 6.42 Å². The summed E-state index contributed by atoms with van der Waals surface area (Å²) in [5, 5.41) is 0. The second-order valence-corrected chi connectivity index (χ2v) is 3.14. The Morgan fingerprint density at radius 1 is 1.64 bits per heavy atom. The maximum absolute atomic E-state index is 11.0. The van der Waals surface area contributed by atoms with Crippen LogP contribution in [0.1, 0.15) is 27.2 Å². The fraction of sp³-hybridized carbons (Fsp3) is 0.500. The van der Waals surface area contributed by atoms with Gasteiger partial charge in [0.15, 0.2) is 5.78 Å². The second kappa shape index (κ2) is 3.04. The van der Waals surface area contributed by atoms with Crippen molar-refractivity contribution in [3.8, 4) is 0 Å². The molecule has 0 aromatic heterocycles. The Bertz CT molecular complexity index is 233. The van der Waals surface area contributed by atoms with E-state index in [1.165, 1.54) is 5.57 Å². The summed E-state index contributed by atoms with van der Waals surface area (Å²) in [4.78, 5) is 11.0. The number of carbonyl (C=O) groups excluding carboxylic acids is 1. The molecule has 0 saturated carbocycles. The maximum atomic E-state index is 11.0. The zero-order valence-corrected chi connectivity index (χ0v) is 7.35. The first-order chi connectivity index (χ1) is 5.15. The summed E-state index contributed by atoms with van der Waals surface area (Å²) in [5.74, 6) is 0.679. The molecular weight excluding hydrogens is 136 g/mol. The monoisotopic (exact) mass is 150 g/mol. The molecule has 1 atom stereocenters. The highest BCUT2D eigenvalue weighted by Gasteiger charge is 2.18. The Hall–Kier alpha value is -0.850. The maximum Gasteiger partial charge on any atom is 0.156 e. The topological polar surface area (TPSA) is 17.1 Å². The van der Waals surface area contributed by atoms with Gasteiger partial charge in [-0.1, -0.05) is 13.0 Å². The molecule has 1 unspecified atom stereocenters. The second-order valence-electron chi connectivity index (χ2n) is 3.14. The normalized spacial score (nSPS) is 29.0. The average Bonchev–Trinajstić information content (AvgIpc) is 1.85. The van der Waals surface area contributed by atoms with Crippen LogP contribution in [-0.4, -0.2) is 5.78 Å². The van der Waals surface area contributed by atoms with E-state index >= 15 is 0 Å². The molecule has 0 radical (unpaired) electrons. The van der Waals surface area contributed by atoms with Gasteiger partial charge in [-0.15, -0.1) is 0 Å². The van der Waals surface area contributed by atoms with E-state index in [-0.39, 0.29) is 5.78 Å². The van der Waals surface area contributed by atoms with E-state index < -0.39 is 0 Å². The number of allylic oxidation sites excluding steroid dienone is 4. The standard InChI is InChI=1S/C10H14O/c1-4-10-7(2)5-9(11)6-8(10)3/h4-5,8H,6H2,1-3H3/b10-4+. The number of hydrogen-bond acceptors (Lipinski definition) is 1. The van der Waals surface area contributed by atoms with Gasteiger partial charge in [0.05, 0.1) is 0 Å². The van der Waals surface area contributed by atoms with Gasteiger partial charge in [0.25, 0.3) is 0 Å². The summed E-state index contributed by atoms with van der Waals surface area (Å²) in [5.41, 5.74) is 2.46. The summed E-state index contributed by atoms with van der Waals surface area (Å²) in [6, 6.07) is 0. The van der Waals surface area contributed by atoms with E-state index in [1.54, 1.807) is 6.08 Å². The Morgan fingerprint density at radius 2 is 2.27 bits per heavy atom. The molecule has 0 aliphatic heterocycles. The lowest BCUT2D eigenvalue weighted by Gasteiger charge is -2.19. The highest BCUT2D eigenvalue weighted by Crippen LogP contribution is 2.27. The zero-order chi connectivity index (χ0) is 8.43. The lowest BCUT2D eigenvalue weighted by atomic mass is 9.85. The molecule has 0 aromatic rings. The van der Waals surface area contributed by atoms with Gasteiger partial charge < -0.3 is 0 Å². The van der Waals surface area contributed by atoms with E-state index in [1.807, 2.05) is 13.8 Å². The molecule has 0 bridgehead atoms. The van der Waals surface area contributed by atoms with Crippen LogP contribution in [0.4, 0.5) is 0 Å². The van der Waals surface area contributed by atoms with Crippen molar-refractivity contribution in [2.75, 3.05) is 0 Å². The summed E-state index contributed by atoms with van der Waals surface area (Å²) < 4.78 is 0. The third-order valence-corrected chi connectivity index (χ3v) is 2.18. The Kier molecular flexibility index (Phi) is 2.28. The van der Waals surface area contributed by atoms with Crippen molar-refractivity contribution in [1.29, 1.82) is 0 Å². The van der Waals surface area contributed by atoms with Crippen LogP contribution in [0.25, 0.3) is 0 Å². The molecule has 1 nitrogen and oxygen atoms in total. The smallest absolute Gasteiger partial charge is 0.156 e. The highest BCUT2D eigenvalue weighted by molar-refractivity contribution is 5.93. The van der Waals surface area contributed by atoms with Crippen LogP contribution in [0.2, 0.25) is 0 Å². The molecule has 0 saturated heterocycles. The summed E-state index contributed by atoms with van der Waals surface area (Å²) >= 11 is 0.